The number of hydrogen-bond acceptors (Lipinski definition) is 3. The highest BCUT2D eigenvalue weighted by Gasteiger charge is 2.20. The van der Waals surface area contributed by atoms with Crippen LogP contribution in [0.25, 0.3) is 0 Å². The molecule has 1 aromatic heterocycles. The van der Waals surface area contributed by atoms with Gasteiger partial charge in [0.2, 0.25) is 0 Å². The second kappa shape index (κ2) is 5.53. The largest absolute Gasteiger partial charge is 0.492 e. The number of ether oxygens (including phenoxy) is 1. The molecule has 2 aromatic rings. The number of para-hydroxylation sites is 1. The van der Waals surface area contributed by atoms with Crippen LogP contribution in [-0.2, 0) is 12.1 Å². The highest BCUT2D eigenvalue weighted by molar-refractivity contribution is 5.20. The quantitative estimate of drug-likeness (QED) is 0.859. The van der Waals surface area contributed by atoms with E-state index in [-0.39, 0.29) is 11.2 Å². The third-order valence-corrected chi connectivity index (χ3v) is 3.01. The van der Waals surface area contributed by atoms with Gasteiger partial charge in [-0.15, -0.1) is 0 Å². The molecule has 0 radical (unpaired) electrons. The van der Waals surface area contributed by atoms with Gasteiger partial charge >= 0.3 is 5.69 Å². The molecule has 0 atom stereocenters. The van der Waals surface area contributed by atoms with Crippen LogP contribution in [0.15, 0.2) is 35.1 Å². The molecule has 0 saturated heterocycles. The molecule has 20 heavy (non-hydrogen) atoms. The first-order valence-electron chi connectivity index (χ1n) is 6.74. The maximum absolute atomic E-state index is 12.3. The van der Waals surface area contributed by atoms with Crippen molar-refractivity contribution in [3.63, 3.8) is 0 Å². The highest BCUT2D eigenvalue weighted by Crippen LogP contribution is 2.10. The summed E-state index contributed by atoms with van der Waals surface area (Å²) in [7, 11) is 0. The third-order valence-electron chi connectivity index (χ3n) is 3.01. The van der Waals surface area contributed by atoms with Crippen molar-refractivity contribution in [2.45, 2.75) is 39.8 Å². The number of benzene rings is 1. The molecule has 0 aliphatic heterocycles. The Kier molecular flexibility index (Phi) is 3.97. The van der Waals surface area contributed by atoms with E-state index < -0.39 is 0 Å². The molecule has 1 heterocycles. The van der Waals surface area contributed by atoms with Gasteiger partial charge in [-0.2, -0.15) is 5.10 Å². The summed E-state index contributed by atoms with van der Waals surface area (Å²) < 4.78 is 8.78. The maximum atomic E-state index is 12.3. The van der Waals surface area contributed by atoms with Crippen LogP contribution >= 0.6 is 0 Å². The van der Waals surface area contributed by atoms with E-state index in [4.69, 9.17) is 4.74 Å². The van der Waals surface area contributed by atoms with E-state index in [2.05, 4.69) is 5.10 Å². The van der Waals surface area contributed by atoms with Crippen molar-refractivity contribution >= 4 is 0 Å². The molecule has 108 valence electrons. The Hall–Kier alpha value is -2.04. The first-order valence-corrected chi connectivity index (χ1v) is 6.74. The van der Waals surface area contributed by atoms with Gasteiger partial charge in [0.05, 0.1) is 12.1 Å². The molecule has 0 aliphatic rings. The van der Waals surface area contributed by atoms with Crippen LogP contribution in [0, 0.1) is 6.92 Å². The minimum absolute atomic E-state index is 0.0911. The van der Waals surface area contributed by atoms with Gasteiger partial charge in [-0.1, -0.05) is 18.2 Å². The van der Waals surface area contributed by atoms with Gasteiger partial charge in [0.15, 0.2) is 0 Å². The monoisotopic (exact) mass is 275 g/mol. The first-order chi connectivity index (χ1) is 9.39. The molecule has 0 unspecified atom stereocenters. The lowest BCUT2D eigenvalue weighted by Gasteiger charge is -2.16. The van der Waals surface area contributed by atoms with E-state index in [0.717, 1.165) is 5.75 Å². The van der Waals surface area contributed by atoms with E-state index in [1.807, 2.05) is 58.0 Å². The fraction of sp³-hybridized carbons (Fsp3) is 0.467. The van der Waals surface area contributed by atoms with Gasteiger partial charge in [-0.25, -0.2) is 9.48 Å². The molecular formula is C15H21N3O2. The van der Waals surface area contributed by atoms with Gasteiger partial charge in [-0.05, 0) is 39.8 Å². The second-order valence-electron chi connectivity index (χ2n) is 5.73. The van der Waals surface area contributed by atoms with Crippen LogP contribution in [-0.4, -0.2) is 21.0 Å². The van der Waals surface area contributed by atoms with Gasteiger partial charge in [0, 0.05) is 0 Å². The molecule has 0 saturated carbocycles. The number of aromatic nitrogens is 3. The van der Waals surface area contributed by atoms with Crippen molar-refractivity contribution < 1.29 is 4.74 Å². The molecule has 0 bridgehead atoms. The SMILES string of the molecule is Cc1nn(C(C)(C)C)c(=O)n1CCOc1ccccc1. The van der Waals surface area contributed by atoms with E-state index in [0.29, 0.717) is 19.0 Å². The zero-order valence-corrected chi connectivity index (χ0v) is 12.5. The molecule has 0 amide bonds. The normalized spacial score (nSPS) is 11.6. The van der Waals surface area contributed by atoms with Crippen molar-refractivity contribution in [3.05, 3.63) is 46.6 Å². The molecule has 1 aromatic carbocycles. The molecule has 2 rings (SSSR count). The number of hydrogen-bond donors (Lipinski definition) is 0. The zero-order valence-electron chi connectivity index (χ0n) is 12.5. The van der Waals surface area contributed by atoms with Gasteiger partial charge in [0.25, 0.3) is 0 Å². The molecular weight excluding hydrogens is 254 g/mol. The van der Waals surface area contributed by atoms with Crippen LogP contribution in [0.3, 0.4) is 0 Å². The molecule has 5 nitrogen and oxygen atoms in total. The summed E-state index contributed by atoms with van der Waals surface area (Å²) in [5.41, 5.74) is -0.403. The minimum Gasteiger partial charge on any atom is -0.492 e. The summed E-state index contributed by atoms with van der Waals surface area (Å²) in [6, 6.07) is 9.58. The van der Waals surface area contributed by atoms with Crippen LogP contribution in [0.4, 0.5) is 0 Å². The first kappa shape index (κ1) is 14.4. The fourth-order valence-corrected chi connectivity index (χ4v) is 1.96. The fourth-order valence-electron chi connectivity index (χ4n) is 1.96. The van der Waals surface area contributed by atoms with E-state index in [9.17, 15) is 4.79 Å². The minimum atomic E-state index is -0.312. The Balaban J connectivity index is 2.07. The standard InChI is InChI=1S/C15H21N3O2/c1-12-16-18(15(2,3)4)14(19)17(12)10-11-20-13-8-6-5-7-9-13/h5-9H,10-11H2,1-4H3. The lowest BCUT2D eigenvalue weighted by atomic mass is 10.1. The molecule has 0 fully saturated rings. The van der Waals surface area contributed by atoms with Gasteiger partial charge in [-0.3, -0.25) is 4.57 Å². The molecule has 5 heteroatoms. The van der Waals surface area contributed by atoms with Crippen LogP contribution in [0.5, 0.6) is 5.75 Å². The van der Waals surface area contributed by atoms with Gasteiger partial charge < -0.3 is 4.74 Å². The predicted molar refractivity (Wildman–Crippen MR) is 78.2 cm³/mol. The van der Waals surface area contributed by atoms with Gasteiger partial charge in [0.1, 0.15) is 18.2 Å². The smallest absolute Gasteiger partial charge is 0.346 e. The van der Waals surface area contributed by atoms with Crippen molar-refractivity contribution in [1.82, 2.24) is 14.3 Å². The predicted octanol–water partition coefficient (Wildman–Crippen LogP) is 2.19. The average molecular weight is 275 g/mol. The third kappa shape index (κ3) is 3.10. The highest BCUT2D eigenvalue weighted by atomic mass is 16.5. The summed E-state index contributed by atoms with van der Waals surface area (Å²) in [6.07, 6.45) is 0. The summed E-state index contributed by atoms with van der Waals surface area (Å²) in [4.78, 5) is 12.3. The number of aryl methyl sites for hydroxylation is 1. The average Bonchev–Trinajstić information content (AvgIpc) is 2.67. The second-order valence-corrected chi connectivity index (χ2v) is 5.73. The summed E-state index contributed by atoms with van der Waals surface area (Å²) >= 11 is 0. The topological polar surface area (TPSA) is 49.0 Å². The molecule has 0 N–H and O–H groups in total. The summed E-state index contributed by atoms with van der Waals surface area (Å²) in [6.45, 7) is 8.67. The summed E-state index contributed by atoms with van der Waals surface area (Å²) in [5.74, 6) is 1.52. The van der Waals surface area contributed by atoms with Crippen molar-refractivity contribution in [1.29, 1.82) is 0 Å². The zero-order chi connectivity index (χ0) is 14.8. The Morgan fingerprint density at radius 2 is 1.85 bits per heavy atom. The van der Waals surface area contributed by atoms with Crippen molar-refractivity contribution in [2.24, 2.45) is 0 Å². The van der Waals surface area contributed by atoms with Crippen LogP contribution in [0.1, 0.15) is 26.6 Å². The van der Waals surface area contributed by atoms with E-state index >= 15 is 0 Å². The number of nitrogens with zero attached hydrogens (tertiary/aromatic N) is 3. The Morgan fingerprint density at radius 1 is 1.20 bits per heavy atom. The molecule has 0 spiro atoms. The Morgan fingerprint density at radius 3 is 2.40 bits per heavy atom. The van der Waals surface area contributed by atoms with Crippen LogP contribution < -0.4 is 10.4 Å². The Bertz CT molecular complexity index is 621. The lowest BCUT2D eigenvalue weighted by molar-refractivity contribution is 0.291. The van der Waals surface area contributed by atoms with E-state index in [1.54, 1.807) is 4.57 Å². The van der Waals surface area contributed by atoms with Crippen LogP contribution in [0.2, 0.25) is 0 Å². The Labute approximate surface area is 118 Å². The van der Waals surface area contributed by atoms with E-state index in [1.165, 1.54) is 4.68 Å². The van der Waals surface area contributed by atoms with Crippen molar-refractivity contribution in [2.75, 3.05) is 6.61 Å². The number of rotatable bonds is 4. The molecule has 0 aliphatic carbocycles. The summed E-state index contributed by atoms with van der Waals surface area (Å²) in [5, 5.41) is 4.32. The maximum Gasteiger partial charge on any atom is 0.346 e. The van der Waals surface area contributed by atoms with Crippen molar-refractivity contribution in [3.8, 4) is 5.75 Å². The lowest BCUT2D eigenvalue weighted by Crippen LogP contribution is -2.36.